The molecular formula is C21H20N4O2S3. The van der Waals surface area contributed by atoms with Gasteiger partial charge in [0, 0.05) is 12.1 Å². The second-order valence-corrected chi connectivity index (χ2v) is 10.1. The van der Waals surface area contributed by atoms with Crippen molar-refractivity contribution in [2.45, 2.75) is 23.2 Å². The van der Waals surface area contributed by atoms with Crippen LogP contribution in [0.1, 0.15) is 33.8 Å². The first-order chi connectivity index (χ1) is 14.6. The van der Waals surface area contributed by atoms with Gasteiger partial charge in [-0.05, 0) is 29.0 Å². The normalized spacial score (nSPS) is 16.1. The van der Waals surface area contributed by atoms with E-state index >= 15 is 0 Å². The number of nitrogens with one attached hydrogen (secondary N) is 1. The maximum atomic E-state index is 12.5. The largest absolute Gasteiger partial charge is 0.322 e. The van der Waals surface area contributed by atoms with Crippen LogP contribution in [0.5, 0.6) is 0 Å². The molecule has 1 atom stereocenters. The van der Waals surface area contributed by atoms with Crippen LogP contribution >= 0.6 is 34.9 Å². The molecule has 2 amide bonds. The highest BCUT2D eigenvalue weighted by Gasteiger charge is 2.32. The number of hydrogen-bond donors (Lipinski definition) is 1. The van der Waals surface area contributed by atoms with Crippen molar-refractivity contribution in [3.63, 3.8) is 0 Å². The van der Waals surface area contributed by atoms with Crippen molar-refractivity contribution in [3.05, 3.63) is 71.3 Å². The second kappa shape index (κ2) is 9.63. The van der Waals surface area contributed by atoms with Gasteiger partial charge in [0.15, 0.2) is 4.34 Å². The first-order valence-corrected chi connectivity index (χ1v) is 12.3. The highest BCUT2D eigenvalue weighted by Crippen LogP contribution is 2.39. The van der Waals surface area contributed by atoms with Gasteiger partial charge in [-0.3, -0.25) is 14.9 Å². The quantitative estimate of drug-likeness (QED) is 0.411. The van der Waals surface area contributed by atoms with E-state index in [1.54, 1.807) is 35.7 Å². The molecular weight excluding hydrogens is 436 g/mol. The van der Waals surface area contributed by atoms with Gasteiger partial charge in [0.25, 0.3) is 5.91 Å². The summed E-state index contributed by atoms with van der Waals surface area (Å²) in [4.78, 5) is 26.8. The molecule has 6 nitrogen and oxygen atoms in total. The Morgan fingerprint density at radius 1 is 1.17 bits per heavy atom. The molecule has 154 valence electrons. The molecule has 0 spiro atoms. The summed E-state index contributed by atoms with van der Waals surface area (Å²) < 4.78 is 0.838. The standard InChI is InChI=1S/C21H20N4O2S3/c1-2-28-21-24-23-20(30-21)22-18(27)15-8-10-16(11-9-15)19-25(17(26)13-29-19)12-14-6-4-3-5-7-14/h3-11,19H,2,12-13H2,1H3,(H,22,23,27)/t19-/m1/s1. The van der Waals surface area contributed by atoms with Crippen LogP contribution in [-0.2, 0) is 11.3 Å². The summed E-state index contributed by atoms with van der Waals surface area (Å²) in [5.74, 6) is 1.29. The molecule has 0 aliphatic carbocycles. The van der Waals surface area contributed by atoms with Gasteiger partial charge in [0.2, 0.25) is 11.0 Å². The molecule has 1 aliphatic rings. The van der Waals surface area contributed by atoms with Crippen LogP contribution < -0.4 is 5.32 Å². The molecule has 4 rings (SSSR count). The van der Waals surface area contributed by atoms with Crippen LogP contribution in [0.15, 0.2) is 58.9 Å². The van der Waals surface area contributed by atoms with Crippen molar-refractivity contribution in [2.75, 3.05) is 16.8 Å². The van der Waals surface area contributed by atoms with Crippen molar-refractivity contribution >= 4 is 51.8 Å². The Bertz CT molecular complexity index is 1020. The molecule has 1 fully saturated rings. The summed E-state index contributed by atoms with van der Waals surface area (Å²) in [7, 11) is 0. The van der Waals surface area contributed by atoms with E-state index in [1.807, 2.05) is 54.3 Å². The van der Waals surface area contributed by atoms with Crippen molar-refractivity contribution in [1.82, 2.24) is 15.1 Å². The SMILES string of the molecule is CCSc1nnc(NC(=O)c2ccc([C@H]3SCC(=O)N3Cc3ccccc3)cc2)s1. The van der Waals surface area contributed by atoms with E-state index in [-0.39, 0.29) is 17.2 Å². The molecule has 0 unspecified atom stereocenters. The highest BCUT2D eigenvalue weighted by molar-refractivity contribution is 8.01. The first-order valence-electron chi connectivity index (χ1n) is 9.46. The minimum absolute atomic E-state index is 0.0494. The van der Waals surface area contributed by atoms with Crippen molar-refractivity contribution in [3.8, 4) is 0 Å². The Labute approximate surface area is 187 Å². The van der Waals surface area contributed by atoms with Gasteiger partial charge >= 0.3 is 0 Å². The first kappa shape index (κ1) is 20.9. The number of anilines is 1. The number of rotatable bonds is 7. The maximum Gasteiger partial charge on any atom is 0.257 e. The van der Waals surface area contributed by atoms with Crippen LogP contribution in [0, 0.1) is 0 Å². The van der Waals surface area contributed by atoms with Gasteiger partial charge in [0.1, 0.15) is 5.37 Å². The molecule has 2 heterocycles. The van der Waals surface area contributed by atoms with Gasteiger partial charge < -0.3 is 4.90 Å². The zero-order valence-electron chi connectivity index (χ0n) is 16.3. The molecule has 3 aromatic rings. The minimum Gasteiger partial charge on any atom is -0.322 e. The fourth-order valence-electron chi connectivity index (χ4n) is 3.09. The van der Waals surface area contributed by atoms with Crippen LogP contribution in [0.3, 0.4) is 0 Å². The molecule has 0 saturated carbocycles. The van der Waals surface area contributed by atoms with Gasteiger partial charge in [-0.1, -0.05) is 72.5 Å². The van der Waals surface area contributed by atoms with E-state index in [0.29, 0.717) is 23.0 Å². The van der Waals surface area contributed by atoms with Crippen LogP contribution in [0.2, 0.25) is 0 Å². The summed E-state index contributed by atoms with van der Waals surface area (Å²) in [5, 5.41) is 11.3. The molecule has 0 bridgehead atoms. The Balaban J connectivity index is 1.44. The fraction of sp³-hybridized carbons (Fsp3) is 0.238. The Hall–Kier alpha value is -2.36. The highest BCUT2D eigenvalue weighted by atomic mass is 32.2. The monoisotopic (exact) mass is 456 g/mol. The third-order valence-corrected chi connectivity index (χ3v) is 7.63. The smallest absolute Gasteiger partial charge is 0.257 e. The van der Waals surface area contributed by atoms with Crippen molar-refractivity contribution in [2.24, 2.45) is 0 Å². The molecule has 1 aliphatic heterocycles. The number of carbonyl (C=O) groups excluding carboxylic acids is 2. The lowest BCUT2D eigenvalue weighted by molar-refractivity contribution is -0.128. The average Bonchev–Trinajstić information content (AvgIpc) is 3.36. The van der Waals surface area contributed by atoms with Gasteiger partial charge in [-0.15, -0.1) is 22.0 Å². The van der Waals surface area contributed by atoms with E-state index in [2.05, 4.69) is 15.5 Å². The Morgan fingerprint density at radius 3 is 2.67 bits per heavy atom. The number of thioether (sulfide) groups is 2. The number of nitrogens with zero attached hydrogens (tertiary/aromatic N) is 3. The zero-order chi connectivity index (χ0) is 20.9. The number of benzene rings is 2. The molecule has 0 radical (unpaired) electrons. The summed E-state index contributed by atoms with van der Waals surface area (Å²) in [5.41, 5.74) is 2.66. The van der Waals surface area contributed by atoms with Crippen LogP contribution in [0.4, 0.5) is 5.13 Å². The van der Waals surface area contributed by atoms with E-state index < -0.39 is 0 Å². The predicted molar refractivity (Wildman–Crippen MR) is 123 cm³/mol. The number of amides is 2. The number of carbonyl (C=O) groups is 2. The average molecular weight is 457 g/mol. The number of aromatic nitrogens is 2. The van der Waals surface area contributed by atoms with Gasteiger partial charge in [0.05, 0.1) is 5.75 Å². The van der Waals surface area contributed by atoms with Gasteiger partial charge in [-0.25, -0.2) is 0 Å². The topological polar surface area (TPSA) is 75.2 Å². The lowest BCUT2D eigenvalue weighted by Crippen LogP contribution is -2.27. The lowest BCUT2D eigenvalue weighted by atomic mass is 10.1. The summed E-state index contributed by atoms with van der Waals surface area (Å²) in [6.07, 6.45) is 0. The molecule has 1 saturated heterocycles. The molecule has 1 aromatic heterocycles. The summed E-state index contributed by atoms with van der Waals surface area (Å²) >= 11 is 4.57. The van der Waals surface area contributed by atoms with E-state index in [9.17, 15) is 9.59 Å². The lowest BCUT2D eigenvalue weighted by Gasteiger charge is -2.24. The van der Waals surface area contributed by atoms with E-state index in [0.717, 1.165) is 21.2 Å². The van der Waals surface area contributed by atoms with Crippen LogP contribution in [-0.4, -0.2) is 38.4 Å². The molecule has 2 aromatic carbocycles. The van der Waals surface area contributed by atoms with E-state index in [1.165, 1.54) is 11.3 Å². The van der Waals surface area contributed by atoms with Crippen LogP contribution in [0.25, 0.3) is 0 Å². The Kier molecular flexibility index (Phi) is 6.71. The summed E-state index contributed by atoms with van der Waals surface area (Å²) in [6, 6.07) is 17.4. The third-order valence-electron chi connectivity index (χ3n) is 4.52. The Morgan fingerprint density at radius 2 is 1.93 bits per heavy atom. The fourth-order valence-corrected chi connectivity index (χ4v) is 5.92. The number of hydrogen-bond acceptors (Lipinski definition) is 7. The second-order valence-electron chi connectivity index (χ2n) is 6.55. The van der Waals surface area contributed by atoms with E-state index in [4.69, 9.17) is 0 Å². The summed E-state index contributed by atoms with van der Waals surface area (Å²) in [6.45, 7) is 2.62. The van der Waals surface area contributed by atoms with Crippen molar-refractivity contribution < 1.29 is 9.59 Å². The predicted octanol–water partition coefficient (Wildman–Crippen LogP) is 4.68. The molecule has 30 heavy (non-hydrogen) atoms. The zero-order valence-corrected chi connectivity index (χ0v) is 18.7. The molecule has 9 heteroatoms. The molecule has 1 N–H and O–H groups in total. The third kappa shape index (κ3) is 4.85. The maximum absolute atomic E-state index is 12.5. The minimum atomic E-state index is -0.220. The van der Waals surface area contributed by atoms with Gasteiger partial charge in [-0.2, -0.15) is 0 Å². The van der Waals surface area contributed by atoms with Crippen molar-refractivity contribution in [1.29, 1.82) is 0 Å².